The summed E-state index contributed by atoms with van der Waals surface area (Å²) in [6.07, 6.45) is 6.91. The van der Waals surface area contributed by atoms with Crippen LogP contribution in [0.15, 0.2) is 28.7 Å². The highest BCUT2D eigenvalue weighted by molar-refractivity contribution is 9.10. The lowest BCUT2D eigenvalue weighted by Crippen LogP contribution is -2.32. The average Bonchev–Trinajstić information content (AvgIpc) is 2.40. The number of benzene rings is 1. The third-order valence-corrected chi connectivity index (χ3v) is 4.93. The van der Waals surface area contributed by atoms with Crippen molar-refractivity contribution in [1.29, 1.82) is 0 Å². The number of halogens is 1. The Morgan fingerprint density at radius 3 is 2.78 bits per heavy atom. The molecule has 0 spiro atoms. The molecule has 2 rings (SSSR count). The lowest BCUT2D eigenvalue weighted by Gasteiger charge is -2.37. The van der Waals surface area contributed by atoms with E-state index in [1.54, 1.807) is 0 Å². The average molecular weight is 310 g/mol. The molecule has 0 amide bonds. The second-order valence-electron chi connectivity index (χ2n) is 5.44. The van der Waals surface area contributed by atoms with Crippen molar-refractivity contribution in [1.82, 2.24) is 5.32 Å². The molecule has 0 aliphatic heterocycles. The van der Waals surface area contributed by atoms with Crippen molar-refractivity contribution in [2.75, 3.05) is 7.05 Å². The van der Waals surface area contributed by atoms with Crippen molar-refractivity contribution in [2.45, 2.75) is 45.1 Å². The number of nitrogens with one attached hydrogen (secondary N) is 1. The van der Waals surface area contributed by atoms with E-state index in [4.69, 9.17) is 0 Å². The highest BCUT2D eigenvalue weighted by atomic mass is 79.9. The Kier molecular flexibility index (Phi) is 5.25. The lowest BCUT2D eigenvalue weighted by molar-refractivity contribution is 0.180. The van der Waals surface area contributed by atoms with Crippen LogP contribution in [0.3, 0.4) is 0 Å². The van der Waals surface area contributed by atoms with Crippen molar-refractivity contribution in [3.63, 3.8) is 0 Å². The lowest BCUT2D eigenvalue weighted by atomic mass is 9.72. The van der Waals surface area contributed by atoms with Crippen molar-refractivity contribution in [2.24, 2.45) is 11.8 Å². The molecular weight excluding hydrogens is 286 g/mol. The van der Waals surface area contributed by atoms with Gasteiger partial charge in [-0.25, -0.2) is 0 Å². The summed E-state index contributed by atoms with van der Waals surface area (Å²) in [5, 5.41) is 3.56. The summed E-state index contributed by atoms with van der Waals surface area (Å²) in [5.41, 5.74) is 1.43. The van der Waals surface area contributed by atoms with Crippen LogP contribution in [0.25, 0.3) is 0 Å². The maximum atomic E-state index is 3.59. The van der Waals surface area contributed by atoms with Crippen molar-refractivity contribution in [3.8, 4) is 0 Å². The van der Waals surface area contributed by atoms with Gasteiger partial charge >= 0.3 is 0 Å². The molecule has 0 bridgehead atoms. The largest absolute Gasteiger partial charge is 0.313 e. The second kappa shape index (κ2) is 6.72. The van der Waals surface area contributed by atoms with Gasteiger partial charge in [0.2, 0.25) is 0 Å². The van der Waals surface area contributed by atoms with Crippen molar-refractivity contribution in [3.05, 3.63) is 34.3 Å². The fourth-order valence-electron chi connectivity index (χ4n) is 3.51. The van der Waals surface area contributed by atoms with Gasteiger partial charge < -0.3 is 5.32 Å². The third-order valence-electron chi connectivity index (χ3n) is 4.44. The normalized spacial score (nSPS) is 25.9. The molecule has 0 radical (unpaired) electrons. The van der Waals surface area contributed by atoms with Gasteiger partial charge in [0.1, 0.15) is 0 Å². The molecule has 1 fully saturated rings. The highest BCUT2D eigenvalue weighted by Crippen LogP contribution is 2.40. The molecule has 1 nitrogen and oxygen atoms in total. The first kappa shape index (κ1) is 14.1. The van der Waals surface area contributed by atoms with E-state index in [9.17, 15) is 0 Å². The first-order valence-corrected chi connectivity index (χ1v) is 7.98. The molecule has 100 valence electrons. The third kappa shape index (κ3) is 3.16. The second-order valence-corrected chi connectivity index (χ2v) is 6.35. The molecule has 1 aliphatic rings. The molecule has 1 saturated carbocycles. The van der Waals surface area contributed by atoms with E-state index < -0.39 is 0 Å². The van der Waals surface area contributed by atoms with E-state index in [-0.39, 0.29) is 0 Å². The van der Waals surface area contributed by atoms with Crippen LogP contribution in [0.1, 0.15) is 50.6 Å². The van der Waals surface area contributed by atoms with E-state index >= 15 is 0 Å². The Morgan fingerprint density at radius 1 is 1.33 bits per heavy atom. The van der Waals surface area contributed by atoms with E-state index in [2.05, 4.69) is 59.5 Å². The fraction of sp³-hybridized carbons (Fsp3) is 0.625. The Morgan fingerprint density at radius 2 is 2.11 bits per heavy atom. The quantitative estimate of drug-likeness (QED) is 0.832. The Labute approximate surface area is 119 Å². The van der Waals surface area contributed by atoms with Gasteiger partial charge in [-0.1, -0.05) is 60.7 Å². The maximum absolute atomic E-state index is 3.59. The van der Waals surface area contributed by atoms with Gasteiger partial charge in [0.15, 0.2) is 0 Å². The van der Waals surface area contributed by atoms with Crippen molar-refractivity contribution >= 4 is 15.9 Å². The predicted octanol–water partition coefficient (Wildman–Crippen LogP) is 4.93. The predicted molar refractivity (Wildman–Crippen MR) is 81.7 cm³/mol. The van der Waals surface area contributed by atoms with Crippen LogP contribution >= 0.6 is 15.9 Å². The van der Waals surface area contributed by atoms with E-state index in [0.717, 1.165) is 11.8 Å². The molecule has 1 aromatic carbocycles. The fourth-order valence-corrected chi connectivity index (χ4v) is 3.93. The standard InChI is InChI=1S/C16H24BrN/c1-3-12-7-4-5-10-15(12)16(18-2)13-8-6-9-14(17)11-13/h6,8-9,11-12,15-16,18H,3-5,7,10H2,1-2H3. The van der Waals surface area contributed by atoms with E-state index in [0.29, 0.717) is 6.04 Å². The number of hydrogen-bond donors (Lipinski definition) is 1. The highest BCUT2D eigenvalue weighted by Gasteiger charge is 2.30. The molecule has 3 unspecified atom stereocenters. The Bertz CT molecular complexity index is 377. The van der Waals surface area contributed by atoms with Crippen LogP contribution in [0.4, 0.5) is 0 Å². The first-order chi connectivity index (χ1) is 8.76. The zero-order valence-electron chi connectivity index (χ0n) is 11.5. The molecule has 0 heterocycles. The van der Waals surface area contributed by atoms with Crippen LogP contribution < -0.4 is 5.32 Å². The van der Waals surface area contributed by atoms with Gasteiger partial charge in [0, 0.05) is 10.5 Å². The van der Waals surface area contributed by atoms with Gasteiger partial charge in [-0.05, 0) is 43.0 Å². The van der Waals surface area contributed by atoms with Crippen LogP contribution in [0.2, 0.25) is 0 Å². The van der Waals surface area contributed by atoms with Gasteiger partial charge in [0.25, 0.3) is 0 Å². The summed E-state index contributed by atoms with van der Waals surface area (Å²) in [4.78, 5) is 0. The van der Waals surface area contributed by atoms with E-state index in [1.165, 1.54) is 42.1 Å². The molecule has 0 aromatic heterocycles. The van der Waals surface area contributed by atoms with Gasteiger partial charge in [-0.15, -0.1) is 0 Å². The van der Waals surface area contributed by atoms with Crippen LogP contribution in [0, 0.1) is 11.8 Å². The van der Waals surface area contributed by atoms with Gasteiger partial charge in [0.05, 0.1) is 0 Å². The van der Waals surface area contributed by atoms with Gasteiger partial charge in [-0.3, -0.25) is 0 Å². The summed E-state index contributed by atoms with van der Waals surface area (Å²) in [7, 11) is 2.10. The minimum absolute atomic E-state index is 0.507. The molecule has 2 heteroatoms. The van der Waals surface area contributed by atoms with Gasteiger partial charge in [-0.2, -0.15) is 0 Å². The molecule has 0 saturated heterocycles. The molecule has 1 N–H and O–H groups in total. The summed E-state index contributed by atoms with van der Waals surface area (Å²) >= 11 is 3.59. The van der Waals surface area contributed by atoms with Crippen LogP contribution in [-0.2, 0) is 0 Å². The molecule has 1 aliphatic carbocycles. The minimum atomic E-state index is 0.507. The molecule has 1 aromatic rings. The summed E-state index contributed by atoms with van der Waals surface area (Å²) < 4.78 is 1.18. The monoisotopic (exact) mass is 309 g/mol. The maximum Gasteiger partial charge on any atom is 0.0349 e. The smallest absolute Gasteiger partial charge is 0.0349 e. The van der Waals surface area contributed by atoms with E-state index in [1.807, 2.05) is 0 Å². The zero-order valence-corrected chi connectivity index (χ0v) is 13.0. The van der Waals surface area contributed by atoms with Crippen molar-refractivity contribution < 1.29 is 0 Å². The topological polar surface area (TPSA) is 12.0 Å². The summed E-state index contributed by atoms with van der Waals surface area (Å²) in [6, 6.07) is 9.28. The number of rotatable bonds is 4. The Hall–Kier alpha value is -0.340. The van der Waals surface area contributed by atoms with Crippen LogP contribution in [0.5, 0.6) is 0 Å². The summed E-state index contributed by atoms with van der Waals surface area (Å²) in [5.74, 6) is 1.68. The first-order valence-electron chi connectivity index (χ1n) is 7.19. The molecule has 18 heavy (non-hydrogen) atoms. The number of hydrogen-bond acceptors (Lipinski definition) is 1. The zero-order chi connectivity index (χ0) is 13.0. The Balaban J connectivity index is 2.21. The summed E-state index contributed by atoms with van der Waals surface area (Å²) in [6.45, 7) is 2.34. The molecule has 3 atom stereocenters. The molecular formula is C16H24BrN. The van der Waals surface area contributed by atoms with Crippen LogP contribution in [-0.4, -0.2) is 7.05 Å². The minimum Gasteiger partial charge on any atom is -0.313 e. The SMILES string of the molecule is CCC1CCCCC1C(NC)c1cccc(Br)c1.